The highest BCUT2D eigenvalue weighted by molar-refractivity contribution is 7.09. The second-order valence-electron chi connectivity index (χ2n) is 5.31. The maximum atomic E-state index is 12.4. The fourth-order valence-electron chi connectivity index (χ4n) is 2.27. The molecule has 2 aromatic rings. The predicted octanol–water partition coefficient (Wildman–Crippen LogP) is 2.26. The maximum Gasteiger partial charge on any atom is 0.275 e. The van der Waals surface area contributed by atoms with Crippen LogP contribution in [-0.4, -0.2) is 34.8 Å². The molecule has 0 saturated heterocycles. The second-order valence-corrected chi connectivity index (χ2v) is 6.25. The molecule has 0 aliphatic rings. The Morgan fingerprint density at radius 2 is 2.08 bits per heavy atom. The largest absolute Gasteiger partial charge is 0.339 e. The van der Waals surface area contributed by atoms with Gasteiger partial charge in [-0.25, -0.2) is 4.98 Å². The lowest BCUT2D eigenvalue weighted by Crippen LogP contribution is -2.28. The molecular formula is C17H22N4O2S. The van der Waals surface area contributed by atoms with E-state index < -0.39 is 0 Å². The molecule has 1 aromatic carbocycles. The molecule has 0 saturated carbocycles. The van der Waals surface area contributed by atoms with Gasteiger partial charge in [0, 0.05) is 37.5 Å². The van der Waals surface area contributed by atoms with Gasteiger partial charge >= 0.3 is 0 Å². The molecule has 2 rings (SSSR count). The molecule has 0 unspecified atom stereocenters. The van der Waals surface area contributed by atoms with Gasteiger partial charge in [0.1, 0.15) is 5.69 Å². The lowest BCUT2D eigenvalue weighted by molar-refractivity contribution is -0.129. The van der Waals surface area contributed by atoms with Crippen molar-refractivity contribution in [2.75, 3.05) is 18.4 Å². The summed E-state index contributed by atoms with van der Waals surface area (Å²) in [6, 6.07) is 7.47. The summed E-state index contributed by atoms with van der Waals surface area (Å²) in [6.07, 6.45) is 0.665. The molecule has 128 valence electrons. The molecule has 7 heteroatoms. The average molecular weight is 346 g/mol. The number of hydrogen-bond donors (Lipinski definition) is 2. The first-order valence-electron chi connectivity index (χ1n) is 7.84. The van der Waals surface area contributed by atoms with Crippen LogP contribution in [0.1, 0.15) is 34.9 Å². The van der Waals surface area contributed by atoms with E-state index in [-0.39, 0.29) is 11.8 Å². The van der Waals surface area contributed by atoms with E-state index in [0.29, 0.717) is 37.4 Å². The second kappa shape index (κ2) is 8.56. The predicted molar refractivity (Wildman–Crippen MR) is 96.0 cm³/mol. The first kappa shape index (κ1) is 18.1. The van der Waals surface area contributed by atoms with Crippen molar-refractivity contribution in [3.05, 3.63) is 45.9 Å². The van der Waals surface area contributed by atoms with Crippen molar-refractivity contribution < 1.29 is 9.59 Å². The van der Waals surface area contributed by atoms with Crippen molar-refractivity contribution >= 4 is 28.8 Å². The van der Waals surface area contributed by atoms with Crippen LogP contribution in [0, 0.1) is 0 Å². The summed E-state index contributed by atoms with van der Waals surface area (Å²) in [5.74, 6) is -0.252. The number of carbonyl (C=O) groups is 2. The summed E-state index contributed by atoms with van der Waals surface area (Å²) >= 11 is 1.43. The minimum atomic E-state index is -0.257. The number of para-hydroxylation sites is 1. The van der Waals surface area contributed by atoms with E-state index in [1.165, 1.54) is 11.3 Å². The minimum Gasteiger partial charge on any atom is -0.339 e. The smallest absolute Gasteiger partial charge is 0.275 e. The normalized spacial score (nSPS) is 10.5. The van der Waals surface area contributed by atoms with Crippen molar-refractivity contribution in [2.45, 2.75) is 26.8 Å². The van der Waals surface area contributed by atoms with Crippen molar-refractivity contribution in [3.8, 4) is 0 Å². The fourth-order valence-corrected chi connectivity index (χ4v) is 3.07. The zero-order chi connectivity index (χ0) is 17.5. The van der Waals surface area contributed by atoms with Crippen molar-refractivity contribution in [2.24, 2.45) is 5.73 Å². The molecule has 1 aromatic heterocycles. The number of nitrogens with one attached hydrogen (secondary N) is 1. The van der Waals surface area contributed by atoms with Crippen LogP contribution in [0.2, 0.25) is 0 Å². The summed E-state index contributed by atoms with van der Waals surface area (Å²) in [6.45, 7) is 5.05. The van der Waals surface area contributed by atoms with Gasteiger partial charge in [0.15, 0.2) is 0 Å². The zero-order valence-electron chi connectivity index (χ0n) is 13.9. The number of carbonyl (C=O) groups excluding carboxylic acids is 2. The highest BCUT2D eigenvalue weighted by atomic mass is 32.1. The van der Waals surface area contributed by atoms with Crippen LogP contribution in [-0.2, 0) is 17.8 Å². The Labute approximate surface area is 145 Å². The average Bonchev–Trinajstić information content (AvgIpc) is 3.03. The highest BCUT2D eigenvalue weighted by Gasteiger charge is 2.14. The van der Waals surface area contributed by atoms with Crippen LogP contribution in [0.4, 0.5) is 5.69 Å². The van der Waals surface area contributed by atoms with E-state index in [1.807, 2.05) is 31.2 Å². The van der Waals surface area contributed by atoms with Gasteiger partial charge < -0.3 is 16.0 Å². The Morgan fingerprint density at radius 1 is 1.33 bits per heavy atom. The Bertz CT molecular complexity index is 714. The number of anilines is 1. The van der Waals surface area contributed by atoms with Gasteiger partial charge in [0.05, 0.1) is 5.01 Å². The van der Waals surface area contributed by atoms with Crippen LogP contribution in [0.3, 0.4) is 0 Å². The Kier molecular flexibility index (Phi) is 6.45. The number of nitrogens with two attached hydrogens (primary N) is 1. The van der Waals surface area contributed by atoms with Crippen LogP contribution < -0.4 is 11.1 Å². The van der Waals surface area contributed by atoms with Gasteiger partial charge in [0.2, 0.25) is 5.91 Å². The molecule has 24 heavy (non-hydrogen) atoms. The third-order valence-electron chi connectivity index (χ3n) is 3.60. The van der Waals surface area contributed by atoms with E-state index in [4.69, 9.17) is 5.73 Å². The van der Waals surface area contributed by atoms with Gasteiger partial charge in [-0.15, -0.1) is 11.3 Å². The van der Waals surface area contributed by atoms with Gasteiger partial charge in [-0.1, -0.05) is 18.2 Å². The molecule has 0 aliphatic heterocycles. The fraction of sp³-hybridized carbons (Fsp3) is 0.353. The van der Waals surface area contributed by atoms with E-state index in [1.54, 1.807) is 17.2 Å². The Balaban J connectivity index is 2.14. The number of rotatable bonds is 7. The number of nitrogens with zero attached hydrogens (tertiary/aromatic N) is 2. The highest BCUT2D eigenvalue weighted by Crippen LogP contribution is 2.19. The van der Waals surface area contributed by atoms with Crippen molar-refractivity contribution in [1.29, 1.82) is 0 Å². The molecule has 3 N–H and O–H groups in total. The maximum absolute atomic E-state index is 12.4. The van der Waals surface area contributed by atoms with Crippen LogP contribution >= 0.6 is 11.3 Å². The topological polar surface area (TPSA) is 88.3 Å². The van der Waals surface area contributed by atoms with E-state index in [2.05, 4.69) is 10.3 Å². The summed E-state index contributed by atoms with van der Waals surface area (Å²) < 4.78 is 0. The summed E-state index contributed by atoms with van der Waals surface area (Å²) in [5.41, 5.74) is 7.47. The molecule has 6 nitrogen and oxygen atoms in total. The van der Waals surface area contributed by atoms with Crippen LogP contribution in [0.5, 0.6) is 0 Å². The molecule has 0 aliphatic carbocycles. The summed E-state index contributed by atoms with van der Waals surface area (Å²) in [5, 5.41) is 5.47. The number of hydrogen-bond acceptors (Lipinski definition) is 5. The molecule has 1 heterocycles. The molecule has 0 atom stereocenters. The van der Waals surface area contributed by atoms with Crippen molar-refractivity contribution in [1.82, 2.24) is 9.88 Å². The Morgan fingerprint density at radius 3 is 2.75 bits per heavy atom. The molecule has 0 radical (unpaired) electrons. The molecule has 0 spiro atoms. The first-order valence-corrected chi connectivity index (χ1v) is 8.72. The third-order valence-corrected chi connectivity index (χ3v) is 4.51. The van der Waals surface area contributed by atoms with Crippen LogP contribution in [0.25, 0.3) is 0 Å². The number of amides is 2. The quantitative estimate of drug-likeness (QED) is 0.805. The summed E-state index contributed by atoms with van der Waals surface area (Å²) in [4.78, 5) is 30.0. The van der Waals surface area contributed by atoms with Gasteiger partial charge in [-0.05, 0) is 25.1 Å². The van der Waals surface area contributed by atoms with Gasteiger partial charge in [-0.3, -0.25) is 9.59 Å². The monoisotopic (exact) mass is 346 g/mol. The summed E-state index contributed by atoms with van der Waals surface area (Å²) in [7, 11) is 0. The van der Waals surface area contributed by atoms with Crippen LogP contribution in [0.15, 0.2) is 29.6 Å². The minimum absolute atomic E-state index is 0.00422. The van der Waals surface area contributed by atoms with E-state index >= 15 is 0 Å². The number of aromatic nitrogens is 1. The lowest BCUT2D eigenvalue weighted by atomic mass is 10.1. The first-order chi connectivity index (χ1) is 11.5. The zero-order valence-corrected chi connectivity index (χ0v) is 14.7. The molecule has 2 amide bonds. The standard InChI is InChI=1S/C17H22N4O2S/c1-3-21(12(2)22)10-13-6-4-5-7-14(13)20-17(23)15-11-24-16(19-15)8-9-18/h4-7,11H,3,8-10,18H2,1-2H3,(H,20,23). The van der Waals surface area contributed by atoms with E-state index in [0.717, 1.165) is 10.6 Å². The molecular weight excluding hydrogens is 324 g/mol. The van der Waals surface area contributed by atoms with E-state index in [9.17, 15) is 9.59 Å². The molecule has 0 bridgehead atoms. The number of benzene rings is 1. The number of thiazole rings is 1. The van der Waals surface area contributed by atoms with Gasteiger partial charge in [0.25, 0.3) is 5.91 Å². The Hall–Kier alpha value is -2.25. The van der Waals surface area contributed by atoms with Crippen molar-refractivity contribution in [3.63, 3.8) is 0 Å². The SMILES string of the molecule is CCN(Cc1ccccc1NC(=O)c1csc(CCN)n1)C(C)=O. The molecule has 0 fully saturated rings. The third kappa shape index (κ3) is 4.62. The lowest BCUT2D eigenvalue weighted by Gasteiger charge is -2.20. The van der Waals surface area contributed by atoms with Gasteiger partial charge in [-0.2, -0.15) is 0 Å².